The number of hydrogen-bond acceptors (Lipinski definition) is 5. The standard InChI is InChI=1S/C16H20N2O5/c1-16(22)5-6-18(8-13(16)19)15(21)10-3-4-12-11(7-10)17(2)14(20)9-23-12/h3-4,7,13,19,22H,5-6,8-9H2,1-2H3/t13-,16+/m1/s1. The van der Waals surface area contributed by atoms with Gasteiger partial charge in [-0.2, -0.15) is 0 Å². The third-order valence-corrected chi connectivity index (χ3v) is 4.58. The molecule has 3 rings (SSSR count). The first-order chi connectivity index (χ1) is 10.8. The van der Waals surface area contributed by atoms with Crippen LogP contribution in [0.3, 0.4) is 0 Å². The van der Waals surface area contributed by atoms with Gasteiger partial charge in [-0.05, 0) is 31.5 Å². The highest BCUT2D eigenvalue weighted by Gasteiger charge is 2.38. The van der Waals surface area contributed by atoms with Crippen LogP contribution in [0, 0.1) is 0 Å². The summed E-state index contributed by atoms with van der Waals surface area (Å²) in [7, 11) is 1.64. The third-order valence-electron chi connectivity index (χ3n) is 4.58. The molecular weight excluding hydrogens is 300 g/mol. The van der Waals surface area contributed by atoms with Gasteiger partial charge in [0.2, 0.25) is 0 Å². The first-order valence-corrected chi connectivity index (χ1v) is 7.53. The van der Waals surface area contributed by atoms with Crippen LogP contribution in [0.2, 0.25) is 0 Å². The van der Waals surface area contributed by atoms with Crippen LogP contribution in [0.1, 0.15) is 23.7 Å². The minimum absolute atomic E-state index is 0.00973. The van der Waals surface area contributed by atoms with Crippen LogP contribution in [0.5, 0.6) is 5.75 Å². The van der Waals surface area contributed by atoms with Gasteiger partial charge < -0.3 is 24.7 Å². The zero-order valence-corrected chi connectivity index (χ0v) is 13.2. The molecule has 1 aromatic rings. The van der Waals surface area contributed by atoms with E-state index in [0.717, 1.165) is 0 Å². The number of aliphatic hydroxyl groups is 2. The monoisotopic (exact) mass is 320 g/mol. The molecule has 1 aromatic carbocycles. The van der Waals surface area contributed by atoms with Gasteiger partial charge in [0.25, 0.3) is 11.8 Å². The van der Waals surface area contributed by atoms with E-state index in [1.165, 1.54) is 9.80 Å². The van der Waals surface area contributed by atoms with E-state index in [1.807, 2.05) is 0 Å². The highest BCUT2D eigenvalue weighted by atomic mass is 16.5. The van der Waals surface area contributed by atoms with Gasteiger partial charge in [0.1, 0.15) is 5.75 Å². The summed E-state index contributed by atoms with van der Waals surface area (Å²) in [6, 6.07) is 4.93. The van der Waals surface area contributed by atoms with Crippen LogP contribution in [0.25, 0.3) is 0 Å². The Morgan fingerprint density at radius 3 is 2.87 bits per heavy atom. The molecule has 0 aliphatic carbocycles. The zero-order chi connectivity index (χ0) is 16.8. The number of β-amino-alcohol motifs (C(OH)–C–C–N with tert-alkyl or cyclic N) is 1. The Balaban J connectivity index is 1.83. The molecule has 124 valence electrons. The molecule has 2 atom stereocenters. The lowest BCUT2D eigenvalue weighted by atomic mass is 9.90. The molecule has 23 heavy (non-hydrogen) atoms. The van der Waals surface area contributed by atoms with Crippen molar-refractivity contribution in [2.24, 2.45) is 0 Å². The minimum atomic E-state index is -1.17. The number of rotatable bonds is 1. The summed E-state index contributed by atoms with van der Waals surface area (Å²) in [4.78, 5) is 27.3. The lowest BCUT2D eigenvalue weighted by Gasteiger charge is -2.40. The summed E-state index contributed by atoms with van der Waals surface area (Å²) < 4.78 is 5.34. The first kappa shape index (κ1) is 15.8. The predicted octanol–water partition coefficient (Wildman–Crippen LogP) is -0.000400. The van der Waals surface area contributed by atoms with E-state index in [0.29, 0.717) is 30.0 Å². The topological polar surface area (TPSA) is 90.3 Å². The van der Waals surface area contributed by atoms with Crippen molar-refractivity contribution in [3.63, 3.8) is 0 Å². The summed E-state index contributed by atoms with van der Waals surface area (Å²) in [6.45, 7) is 2.00. The Morgan fingerprint density at radius 2 is 2.17 bits per heavy atom. The molecule has 0 spiro atoms. The molecule has 2 aliphatic rings. The number of nitrogens with zero attached hydrogens (tertiary/aromatic N) is 2. The molecule has 7 nitrogen and oxygen atoms in total. The molecule has 2 heterocycles. The molecule has 0 radical (unpaired) electrons. The van der Waals surface area contributed by atoms with Gasteiger partial charge in [-0.3, -0.25) is 9.59 Å². The number of ether oxygens (including phenoxy) is 1. The Kier molecular flexibility index (Phi) is 3.77. The van der Waals surface area contributed by atoms with Gasteiger partial charge in [-0.15, -0.1) is 0 Å². The van der Waals surface area contributed by atoms with Crippen LogP contribution in [0.15, 0.2) is 18.2 Å². The van der Waals surface area contributed by atoms with Gasteiger partial charge in [0.05, 0.1) is 17.4 Å². The normalized spacial score (nSPS) is 27.5. The molecular formula is C16H20N2O5. The van der Waals surface area contributed by atoms with Gasteiger partial charge >= 0.3 is 0 Å². The summed E-state index contributed by atoms with van der Waals surface area (Å²) in [5, 5.41) is 19.9. The molecule has 7 heteroatoms. The molecule has 0 saturated carbocycles. The van der Waals surface area contributed by atoms with Crippen molar-refractivity contribution >= 4 is 17.5 Å². The second-order valence-electron chi connectivity index (χ2n) is 6.30. The maximum Gasteiger partial charge on any atom is 0.264 e. The van der Waals surface area contributed by atoms with E-state index in [2.05, 4.69) is 0 Å². The van der Waals surface area contributed by atoms with Crippen molar-refractivity contribution in [2.45, 2.75) is 25.0 Å². The number of amides is 2. The van der Waals surface area contributed by atoms with E-state index in [9.17, 15) is 19.8 Å². The fraction of sp³-hybridized carbons (Fsp3) is 0.500. The summed E-state index contributed by atoms with van der Waals surface area (Å²) in [5.41, 5.74) is -0.202. The fourth-order valence-electron chi connectivity index (χ4n) is 2.80. The molecule has 0 aromatic heterocycles. The van der Waals surface area contributed by atoms with Gasteiger partial charge in [0, 0.05) is 25.7 Å². The van der Waals surface area contributed by atoms with Crippen LogP contribution in [-0.4, -0.2) is 65.4 Å². The number of benzene rings is 1. The Labute approximate surface area is 134 Å². The number of likely N-dealkylation sites (N-methyl/N-ethyl adjacent to an activating group) is 1. The Hall–Kier alpha value is -2.12. The maximum atomic E-state index is 12.6. The van der Waals surface area contributed by atoms with Crippen LogP contribution < -0.4 is 9.64 Å². The van der Waals surface area contributed by atoms with Crippen molar-refractivity contribution < 1.29 is 24.5 Å². The average molecular weight is 320 g/mol. The van der Waals surface area contributed by atoms with E-state index in [-0.39, 0.29) is 25.0 Å². The Bertz CT molecular complexity index is 658. The van der Waals surface area contributed by atoms with E-state index >= 15 is 0 Å². The Morgan fingerprint density at radius 1 is 1.43 bits per heavy atom. The lowest BCUT2D eigenvalue weighted by molar-refractivity contribution is -0.121. The smallest absolute Gasteiger partial charge is 0.264 e. The lowest BCUT2D eigenvalue weighted by Crippen LogP contribution is -2.55. The van der Waals surface area contributed by atoms with Crippen molar-refractivity contribution in [1.82, 2.24) is 4.90 Å². The number of fused-ring (bicyclic) bond motifs is 1. The average Bonchev–Trinajstić information content (AvgIpc) is 2.53. The summed E-state index contributed by atoms with van der Waals surface area (Å²) >= 11 is 0. The number of aliphatic hydroxyl groups excluding tert-OH is 1. The van der Waals surface area contributed by atoms with Gasteiger partial charge in [-0.25, -0.2) is 0 Å². The number of hydrogen-bond donors (Lipinski definition) is 2. The highest BCUT2D eigenvalue weighted by molar-refractivity contribution is 6.01. The van der Waals surface area contributed by atoms with Crippen LogP contribution in [-0.2, 0) is 4.79 Å². The van der Waals surface area contributed by atoms with Crippen LogP contribution in [0.4, 0.5) is 5.69 Å². The van der Waals surface area contributed by atoms with E-state index < -0.39 is 11.7 Å². The van der Waals surface area contributed by atoms with Gasteiger partial charge in [-0.1, -0.05) is 0 Å². The largest absolute Gasteiger partial charge is 0.482 e. The molecule has 2 N–H and O–H groups in total. The van der Waals surface area contributed by atoms with E-state index in [1.54, 1.807) is 32.2 Å². The van der Waals surface area contributed by atoms with E-state index in [4.69, 9.17) is 4.74 Å². The highest BCUT2D eigenvalue weighted by Crippen LogP contribution is 2.32. The SMILES string of the molecule is CN1C(=O)COc2ccc(C(=O)N3CC[C@](C)(O)[C@H](O)C3)cc21. The molecule has 1 saturated heterocycles. The van der Waals surface area contributed by atoms with Crippen LogP contribution >= 0.6 is 0 Å². The predicted molar refractivity (Wildman–Crippen MR) is 82.5 cm³/mol. The molecule has 0 unspecified atom stereocenters. The first-order valence-electron chi connectivity index (χ1n) is 7.53. The van der Waals surface area contributed by atoms with Crippen molar-refractivity contribution in [3.8, 4) is 5.75 Å². The van der Waals surface area contributed by atoms with Crippen molar-refractivity contribution in [2.75, 3.05) is 31.6 Å². The number of carbonyl (C=O) groups is 2. The van der Waals surface area contributed by atoms with Crippen molar-refractivity contribution in [1.29, 1.82) is 0 Å². The molecule has 1 fully saturated rings. The number of piperidine rings is 1. The molecule has 2 aliphatic heterocycles. The minimum Gasteiger partial charge on any atom is -0.482 e. The third kappa shape index (κ3) is 2.77. The van der Waals surface area contributed by atoms with Gasteiger partial charge in [0.15, 0.2) is 6.61 Å². The van der Waals surface area contributed by atoms with Crippen molar-refractivity contribution in [3.05, 3.63) is 23.8 Å². The maximum absolute atomic E-state index is 12.6. The molecule has 2 amide bonds. The number of likely N-dealkylation sites (tertiary alicyclic amines) is 1. The number of carbonyl (C=O) groups excluding carboxylic acids is 2. The fourth-order valence-corrected chi connectivity index (χ4v) is 2.80. The quantitative estimate of drug-likeness (QED) is 0.760. The number of anilines is 1. The second kappa shape index (κ2) is 5.50. The molecule has 0 bridgehead atoms. The zero-order valence-electron chi connectivity index (χ0n) is 13.2. The summed E-state index contributed by atoms with van der Waals surface area (Å²) in [5.74, 6) is 0.144. The summed E-state index contributed by atoms with van der Waals surface area (Å²) in [6.07, 6.45) is -0.669. The second-order valence-corrected chi connectivity index (χ2v) is 6.30.